The molecule has 1 aliphatic carbocycles. The molecule has 28 heavy (non-hydrogen) atoms. The lowest BCUT2D eigenvalue weighted by Gasteiger charge is -2.34. The Balaban J connectivity index is 1.62. The highest BCUT2D eigenvalue weighted by Crippen LogP contribution is 2.22. The second-order valence-electron chi connectivity index (χ2n) is 6.91. The Hall–Kier alpha value is -2.04. The quantitative estimate of drug-likeness (QED) is 0.693. The van der Waals surface area contributed by atoms with E-state index in [1.165, 1.54) is 12.1 Å². The summed E-state index contributed by atoms with van der Waals surface area (Å²) in [4.78, 5) is 24.0. The standard InChI is InChI=1S/C18H24FN3O5S/c19-13-6-8-15(9-7-13)28(25,26)22-10-3-11-27-16(22)12-20-17(23)18(24)21-14-4-1-2-5-14/h6-9,14,16H,1-5,10-12H2,(H,20,23)(H,21,24)/t16-/m1/s1. The third-order valence-corrected chi connectivity index (χ3v) is 6.81. The summed E-state index contributed by atoms with van der Waals surface area (Å²) in [5.74, 6) is -2.08. The molecule has 3 rings (SSSR count). The maximum absolute atomic E-state index is 13.1. The molecule has 0 aromatic heterocycles. The molecule has 10 heteroatoms. The van der Waals surface area contributed by atoms with Gasteiger partial charge in [-0.15, -0.1) is 0 Å². The van der Waals surface area contributed by atoms with Crippen LogP contribution in [0.4, 0.5) is 4.39 Å². The highest BCUT2D eigenvalue weighted by Gasteiger charge is 2.35. The number of rotatable bonds is 5. The molecule has 1 aromatic rings. The first-order valence-corrected chi connectivity index (χ1v) is 10.8. The molecule has 154 valence electrons. The van der Waals surface area contributed by atoms with E-state index in [2.05, 4.69) is 10.6 Å². The summed E-state index contributed by atoms with van der Waals surface area (Å²) in [5.41, 5.74) is 0. The Morgan fingerprint density at radius 3 is 2.46 bits per heavy atom. The monoisotopic (exact) mass is 413 g/mol. The van der Waals surface area contributed by atoms with Gasteiger partial charge in [-0.2, -0.15) is 4.31 Å². The van der Waals surface area contributed by atoms with E-state index in [-0.39, 0.29) is 24.0 Å². The predicted octanol–water partition coefficient (Wildman–Crippen LogP) is 0.738. The van der Waals surface area contributed by atoms with Crippen LogP contribution in [0.1, 0.15) is 32.1 Å². The lowest BCUT2D eigenvalue weighted by atomic mass is 10.2. The molecule has 1 aliphatic heterocycles. The van der Waals surface area contributed by atoms with E-state index in [1.54, 1.807) is 0 Å². The van der Waals surface area contributed by atoms with Gasteiger partial charge in [0.15, 0.2) is 0 Å². The summed E-state index contributed by atoms with van der Waals surface area (Å²) in [6.07, 6.45) is 3.32. The van der Waals surface area contributed by atoms with Gasteiger partial charge in [-0.3, -0.25) is 9.59 Å². The number of halogens is 1. The maximum Gasteiger partial charge on any atom is 0.309 e. The molecule has 2 aliphatic rings. The second-order valence-corrected chi connectivity index (χ2v) is 8.80. The van der Waals surface area contributed by atoms with Crippen LogP contribution in [0.5, 0.6) is 0 Å². The first kappa shape index (κ1) is 20.7. The van der Waals surface area contributed by atoms with Crippen LogP contribution in [0.3, 0.4) is 0 Å². The molecular formula is C18H24FN3O5S. The van der Waals surface area contributed by atoms with Crippen molar-refractivity contribution in [3.63, 3.8) is 0 Å². The zero-order chi connectivity index (χ0) is 20.1. The summed E-state index contributed by atoms with van der Waals surface area (Å²) in [6, 6.07) is 4.52. The van der Waals surface area contributed by atoms with Crippen LogP contribution in [0, 0.1) is 5.82 Å². The van der Waals surface area contributed by atoms with Gasteiger partial charge in [0, 0.05) is 12.6 Å². The zero-order valence-corrected chi connectivity index (χ0v) is 16.2. The first-order chi connectivity index (χ1) is 13.4. The number of hydrogen-bond donors (Lipinski definition) is 2. The Bertz CT molecular complexity index is 809. The number of hydrogen-bond acceptors (Lipinski definition) is 5. The summed E-state index contributed by atoms with van der Waals surface area (Å²) in [7, 11) is -3.92. The van der Waals surface area contributed by atoms with Crippen LogP contribution >= 0.6 is 0 Å². The lowest BCUT2D eigenvalue weighted by Crippen LogP contribution is -2.53. The van der Waals surface area contributed by atoms with Crippen LogP contribution in [-0.4, -0.2) is 56.5 Å². The van der Waals surface area contributed by atoms with E-state index in [4.69, 9.17) is 4.74 Å². The Morgan fingerprint density at radius 2 is 1.79 bits per heavy atom. The molecule has 2 N–H and O–H groups in total. The number of nitrogens with zero attached hydrogens (tertiary/aromatic N) is 1. The largest absolute Gasteiger partial charge is 0.360 e. The van der Waals surface area contributed by atoms with Gasteiger partial charge in [0.05, 0.1) is 18.0 Å². The smallest absolute Gasteiger partial charge is 0.309 e. The van der Waals surface area contributed by atoms with Gasteiger partial charge in [-0.05, 0) is 43.5 Å². The molecule has 8 nitrogen and oxygen atoms in total. The Morgan fingerprint density at radius 1 is 1.11 bits per heavy atom. The molecule has 0 unspecified atom stereocenters. The average Bonchev–Trinajstić information content (AvgIpc) is 3.19. The number of benzene rings is 1. The fraction of sp³-hybridized carbons (Fsp3) is 0.556. The van der Waals surface area contributed by atoms with Crippen LogP contribution in [0.2, 0.25) is 0 Å². The molecule has 1 saturated carbocycles. The number of amides is 2. The molecule has 0 radical (unpaired) electrons. The van der Waals surface area contributed by atoms with Crippen molar-refractivity contribution in [1.29, 1.82) is 0 Å². The first-order valence-electron chi connectivity index (χ1n) is 9.35. The fourth-order valence-electron chi connectivity index (χ4n) is 3.43. The highest BCUT2D eigenvalue weighted by atomic mass is 32.2. The molecular weight excluding hydrogens is 389 g/mol. The van der Waals surface area contributed by atoms with Gasteiger partial charge >= 0.3 is 11.8 Å². The number of nitrogens with one attached hydrogen (secondary N) is 2. The number of carbonyl (C=O) groups excluding carboxylic acids is 2. The van der Waals surface area contributed by atoms with Gasteiger partial charge in [0.2, 0.25) is 10.0 Å². The van der Waals surface area contributed by atoms with Gasteiger partial charge in [-0.1, -0.05) is 12.8 Å². The van der Waals surface area contributed by atoms with Crippen LogP contribution < -0.4 is 10.6 Å². The molecule has 1 saturated heterocycles. The van der Waals surface area contributed by atoms with E-state index < -0.39 is 33.9 Å². The minimum Gasteiger partial charge on any atom is -0.360 e. The summed E-state index contributed by atoms with van der Waals surface area (Å²) < 4.78 is 45.4. The molecule has 1 heterocycles. The summed E-state index contributed by atoms with van der Waals surface area (Å²) >= 11 is 0. The van der Waals surface area contributed by atoms with E-state index in [0.29, 0.717) is 13.0 Å². The van der Waals surface area contributed by atoms with E-state index in [9.17, 15) is 22.4 Å². The zero-order valence-electron chi connectivity index (χ0n) is 15.4. The topological polar surface area (TPSA) is 105 Å². The number of sulfonamides is 1. The van der Waals surface area contributed by atoms with Crippen molar-refractivity contribution < 1.29 is 27.1 Å². The van der Waals surface area contributed by atoms with Gasteiger partial charge in [0.25, 0.3) is 0 Å². The fourth-order valence-corrected chi connectivity index (χ4v) is 4.99. The molecule has 2 fully saturated rings. The maximum atomic E-state index is 13.1. The number of carbonyl (C=O) groups is 2. The lowest BCUT2D eigenvalue weighted by molar-refractivity contribution is -0.140. The highest BCUT2D eigenvalue weighted by molar-refractivity contribution is 7.89. The van der Waals surface area contributed by atoms with Crippen LogP contribution in [-0.2, 0) is 24.3 Å². The number of ether oxygens (including phenoxy) is 1. The van der Waals surface area contributed by atoms with Crippen molar-refractivity contribution in [2.45, 2.75) is 49.3 Å². The van der Waals surface area contributed by atoms with Gasteiger partial charge in [0.1, 0.15) is 12.0 Å². The van der Waals surface area contributed by atoms with Crippen molar-refractivity contribution in [1.82, 2.24) is 14.9 Å². The molecule has 1 aromatic carbocycles. The molecule has 0 spiro atoms. The van der Waals surface area contributed by atoms with Crippen LogP contribution in [0.15, 0.2) is 29.2 Å². The average molecular weight is 413 g/mol. The van der Waals surface area contributed by atoms with Crippen molar-refractivity contribution >= 4 is 21.8 Å². The van der Waals surface area contributed by atoms with Gasteiger partial charge < -0.3 is 15.4 Å². The Kier molecular flexibility index (Phi) is 6.63. The van der Waals surface area contributed by atoms with Crippen molar-refractivity contribution in [3.05, 3.63) is 30.1 Å². The van der Waals surface area contributed by atoms with Crippen LogP contribution in [0.25, 0.3) is 0 Å². The molecule has 1 atom stereocenters. The van der Waals surface area contributed by atoms with E-state index in [0.717, 1.165) is 42.1 Å². The Labute approximate surface area is 163 Å². The normalized spacial score (nSPS) is 21.4. The van der Waals surface area contributed by atoms with Gasteiger partial charge in [-0.25, -0.2) is 12.8 Å². The minimum absolute atomic E-state index is 0.0135. The predicted molar refractivity (Wildman–Crippen MR) is 98.1 cm³/mol. The summed E-state index contributed by atoms with van der Waals surface area (Å²) in [5, 5.41) is 5.13. The van der Waals surface area contributed by atoms with E-state index >= 15 is 0 Å². The second kappa shape index (κ2) is 8.97. The van der Waals surface area contributed by atoms with Crippen molar-refractivity contribution in [3.8, 4) is 0 Å². The summed E-state index contributed by atoms with van der Waals surface area (Å²) in [6.45, 7) is 0.385. The third-order valence-electron chi connectivity index (χ3n) is 4.91. The SMILES string of the molecule is O=C(NC[C@H]1OCCCN1S(=O)(=O)c1ccc(F)cc1)C(=O)NC1CCCC1. The van der Waals surface area contributed by atoms with Crippen molar-refractivity contribution in [2.75, 3.05) is 19.7 Å². The molecule has 0 bridgehead atoms. The van der Waals surface area contributed by atoms with E-state index in [1.807, 2.05) is 0 Å². The van der Waals surface area contributed by atoms with Crippen molar-refractivity contribution in [2.24, 2.45) is 0 Å². The molecule has 2 amide bonds. The third kappa shape index (κ3) is 4.86. The minimum atomic E-state index is -3.92.